The molecule has 2 amide bonds. The second-order valence-electron chi connectivity index (χ2n) is 10.8. The predicted molar refractivity (Wildman–Crippen MR) is 176 cm³/mol. The quantitative estimate of drug-likeness (QED) is 0.187. The minimum absolute atomic E-state index is 0.0451. The van der Waals surface area contributed by atoms with Gasteiger partial charge in [-0.1, -0.05) is 103 Å². The second-order valence-corrected chi connectivity index (χ2v) is 13.0. The van der Waals surface area contributed by atoms with E-state index in [0.29, 0.717) is 11.6 Å². The lowest BCUT2D eigenvalue weighted by molar-refractivity contribution is -0.140. The van der Waals surface area contributed by atoms with Crippen molar-refractivity contribution in [3.05, 3.63) is 130 Å². The van der Waals surface area contributed by atoms with Crippen molar-refractivity contribution in [1.29, 1.82) is 0 Å². The number of carbonyl (C=O) groups is 2. The Morgan fingerprint density at radius 2 is 1.45 bits per heavy atom. The zero-order valence-electron chi connectivity index (χ0n) is 25.2. The summed E-state index contributed by atoms with van der Waals surface area (Å²) in [6.07, 6.45) is 0.989. The predicted octanol–water partition coefficient (Wildman–Crippen LogP) is 6.32. The number of nitrogens with zero attached hydrogens (tertiary/aromatic N) is 2. The third-order valence-electron chi connectivity index (χ3n) is 7.35. The van der Waals surface area contributed by atoms with Crippen LogP contribution >= 0.6 is 11.6 Å². The van der Waals surface area contributed by atoms with Gasteiger partial charge in [-0.15, -0.1) is 0 Å². The number of carbonyl (C=O) groups excluding carboxylic acids is 2. The first kappa shape index (κ1) is 32.8. The molecule has 0 aliphatic carbocycles. The van der Waals surface area contributed by atoms with Crippen molar-refractivity contribution in [1.82, 2.24) is 10.2 Å². The highest BCUT2D eigenvalue weighted by Gasteiger charge is 2.34. The number of amides is 2. The van der Waals surface area contributed by atoms with Gasteiger partial charge in [0, 0.05) is 24.5 Å². The number of halogens is 1. The van der Waals surface area contributed by atoms with Crippen LogP contribution in [0.2, 0.25) is 5.02 Å². The topological polar surface area (TPSA) is 86.8 Å². The third-order valence-corrected chi connectivity index (χ3v) is 9.54. The Hall–Kier alpha value is -4.14. The Balaban J connectivity index is 1.80. The monoisotopic (exact) mass is 631 g/mol. The van der Waals surface area contributed by atoms with Crippen molar-refractivity contribution >= 4 is 39.1 Å². The van der Waals surface area contributed by atoms with E-state index in [4.69, 9.17) is 11.6 Å². The maximum Gasteiger partial charge on any atom is 0.264 e. The van der Waals surface area contributed by atoms with Gasteiger partial charge in [-0.05, 0) is 61.2 Å². The summed E-state index contributed by atoms with van der Waals surface area (Å²) in [5.74, 6) is -0.819. The van der Waals surface area contributed by atoms with Gasteiger partial charge in [0.15, 0.2) is 0 Å². The molecule has 0 heterocycles. The summed E-state index contributed by atoms with van der Waals surface area (Å²) in [6, 6.07) is 29.3. The number of rotatable bonds is 13. The maximum absolute atomic E-state index is 14.4. The summed E-state index contributed by atoms with van der Waals surface area (Å²) in [6.45, 7) is 5.68. The normalized spacial score (nSPS) is 11.9. The molecule has 1 N–H and O–H groups in total. The first-order chi connectivity index (χ1) is 21.1. The summed E-state index contributed by atoms with van der Waals surface area (Å²) in [5, 5.41) is 3.33. The standard InChI is InChI=1S/C35H38ClN3O4S/c1-4-21-37-35(41)33(22-28-11-7-5-8-12-28)38(24-29-13-9-6-10-14-29)34(40)25-39(30-18-17-27(3)32(36)23-30)44(42,43)31-19-15-26(2)16-20-31/h5-20,23,33H,4,21-22,24-25H2,1-3H3,(H,37,41). The highest BCUT2D eigenvalue weighted by atomic mass is 35.5. The molecule has 4 aromatic carbocycles. The lowest BCUT2D eigenvalue weighted by atomic mass is 10.0. The minimum atomic E-state index is -4.19. The number of hydrogen-bond donors (Lipinski definition) is 1. The molecule has 0 saturated heterocycles. The SMILES string of the molecule is CCCNC(=O)C(Cc1ccccc1)N(Cc1ccccc1)C(=O)CN(c1ccc(C)c(Cl)c1)S(=O)(=O)c1ccc(C)cc1. The molecule has 4 rings (SSSR count). The first-order valence-corrected chi connectivity index (χ1v) is 16.4. The third kappa shape index (κ3) is 8.27. The van der Waals surface area contributed by atoms with Crippen molar-refractivity contribution in [2.75, 3.05) is 17.4 Å². The van der Waals surface area contributed by atoms with Crippen molar-refractivity contribution in [2.24, 2.45) is 0 Å². The van der Waals surface area contributed by atoms with Crippen LogP contribution in [0.5, 0.6) is 0 Å². The first-order valence-electron chi connectivity index (χ1n) is 14.6. The smallest absolute Gasteiger partial charge is 0.264 e. The van der Waals surface area contributed by atoms with Gasteiger partial charge in [0.2, 0.25) is 11.8 Å². The zero-order valence-corrected chi connectivity index (χ0v) is 26.8. The van der Waals surface area contributed by atoms with Crippen molar-refractivity contribution in [2.45, 2.75) is 51.1 Å². The molecule has 0 spiro atoms. The lowest BCUT2D eigenvalue weighted by Crippen LogP contribution is -2.53. The molecule has 44 heavy (non-hydrogen) atoms. The second kappa shape index (κ2) is 15.0. The fraction of sp³-hybridized carbons (Fsp3) is 0.257. The number of hydrogen-bond acceptors (Lipinski definition) is 4. The highest BCUT2D eigenvalue weighted by molar-refractivity contribution is 7.92. The summed E-state index contributed by atoms with van der Waals surface area (Å²) in [4.78, 5) is 29.6. The van der Waals surface area contributed by atoms with Gasteiger partial charge in [0.25, 0.3) is 10.0 Å². The molecule has 0 bridgehead atoms. The summed E-state index contributed by atoms with van der Waals surface area (Å²) in [5.41, 5.74) is 3.62. The van der Waals surface area contributed by atoms with Crippen LogP contribution in [0.4, 0.5) is 5.69 Å². The van der Waals surface area contributed by atoms with Crippen LogP contribution in [0.15, 0.2) is 108 Å². The van der Waals surface area contributed by atoms with Gasteiger partial charge in [0.05, 0.1) is 10.6 Å². The van der Waals surface area contributed by atoms with Crippen molar-refractivity contribution in [3.63, 3.8) is 0 Å². The largest absolute Gasteiger partial charge is 0.354 e. The molecule has 4 aromatic rings. The Bertz CT molecular complexity index is 1660. The molecule has 0 saturated carbocycles. The van der Waals surface area contributed by atoms with Gasteiger partial charge >= 0.3 is 0 Å². The van der Waals surface area contributed by atoms with E-state index >= 15 is 0 Å². The van der Waals surface area contributed by atoms with Gasteiger partial charge in [-0.3, -0.25) is 13.9 Å². The fourth-order valence-electron chi connectivity index (χ4n) is 4.80. The molecule has 230 valence electrons. The Labute approximate surface area is 265 Å². The Kier molecular flexibility index (Phi) is 11.2. The summed E-state index contributed by atoms with van der Waals surface area (Å²) in [7, 11) is -4.19. The molecule has 0 aliphatic rings. The fourth-order valence-corrected chi connectivity index (χ4v) is 6.38. The van der Waals surface area contributed by atoms with E-state index in [1.54, 1.807) is 30.3 Å². The summed E-state index contributed by atoms with van der Waals surface area (Å²) >= 11 is 6.44. The molecular weight excluding hydrogens is 594 g/mol. The van der Waals surface area contributed by atoms with Crippen LogP contribution in [-0.4, -0.2) is 44.3 Å². The number of sulfonamides is 1. The highest BCUT2D eigenvalue weighted by Crippen LogP contribution is 2.29. The van der Waals surface area contributed by atoms with E-state index in [2.05, 4.69) is 5.32 Å². The van der Waals surface area contributed by atoms with Gasteiger partial charge in [-0.2, -0.15) is 0 Å². The summed E-state index contributed by atoms with van der Waals surface area (Å²) < 4.78 is 29.3. The number of aryl methyl sites for hydroxylation is 2. The van der Waals surface area contributed by atoms with E-state index in [1.807, 2.05) is 81.4 Å². The Morgan fingerprint density at radius 1 is 0.841 bits per heavy atom. The Morgan fingerprint density at radius 3 is 2.05 bits per heavy atom. The minimum Gasteiger partial charge on any atom is -0.354 e. The average molecular weight is 632 g/mol. The van der Waals surface area contributed by atoms with Crippen LogP contribution in [-0.2, 0) is 32.6 Å². The molecule has 0 radical (unpaired) electrons. The van der Waals surface area contributed by atoms with E-state index in [0.717, 1.165) is 33.0 Å². The molecule has 7 nitrogen and oxygen atoms in total. The molecule has 0 aliphatic heterocycles. The van der Waals surface area contributed by atoms with Crippen molar-refractivity contribution < 1.29 is 18.0 Å². The van der Waals surface area contributed by atoms with Crippen LogP contribution in [0, 0.1) is 13.8 Å². The molecule has 9 heteroatoms. The van der Waals surface area contributed by atoms with Gasteiger partial charge in [0.1, 0.15) is 12.6 Å². The van der Waals surface area contributed by atoms with Crippen molar-refractivity contribution in [3.8, 4) is 0 Å². The molecule has 1 unspecified atom stereocenters. The van der Waals surface area contributed by atoms with E-state index in [9.17, 15) is 18.0 Å². The van der Waals surface area contributed by atoms with Crippen LogP contribution in [0.3, 0.4) is 0 Å². The van der Waals surface area contributed by atoms with E-state index in [-0.39, 0.29) is 29.5 Å². The van der Waals surface area contributed by atoms with Crippen LogP contribution in [0.1, 0.15) is 35.6 Å². The maximum atomic E-state index is 14.4. The molecule has 0 fully saturated rings. The average Bonchev–Trinajstić information content (AvgIpc) is 3.02. The molecular formula is C35H38ClN3O4S. The lowest BCUT2D eigenvalue weighted by Gasteiger charge is -2.34. The number of benzene rings is 4. The van der Waals surface area contributed by atoms with Crippen LogP contribution in [0.25, 0.3) is 0 Å². The van der Waals surface area contributed by atoms with E-state index < -0.39 is 28.5 Å². The number of nitrogens with one attached hydrogen (secondary N) is 1. The molecule has 0 aromatic heterocycles. The zero-order chi connectivity index (χ0) is 31.7. The van der Waals surface area contributed by atoms with Crippen LogP contribution < -0.4 is 9.62 Å². The van der Waals surface area contributed by atoms with Gasteiger partial charge < -0.3 is 10.2 Å². The van der Waals surface area contributed by atoms with E-state index in [1.165, 1.54) is 17.0 Å². The van der Waals surface area contributed by atoms with Gasteiger partial charge in [-0.25, -0.2) is 8.42 Å². The number of anilines is 1. The molecule has 1 atom stereocenters.